The van der Waals surface area contributed by atoms with Gasteiger partial charge in [-0.05, 0) is 37.6 Å². The second kappa shape index (κ2) is 6.43. The first-order valence-electron chi connectivity index (χ1n) is 7.59. The van der Waals surface area contributed by atoms with Crippen LogP contribution >= 0.6 is 11.6 Å². The average Bonchev–Trinajstić information content (AvgIpc) is 2.52. The molecule has 1 aliphatic rings. The third-order valence-electron chi connectivity index (χ3n) is 4.32. The zero-order valence-corrected chi connectivity index (χ0v) is 17.1. The molecule has 0 saturated carbocycles. The van der Waals surface area contributed by atoms with E-state index in [0.29, 0.717) is 16.3 Å². The van der Waals surface area contributed by atoms with E-state index in [2.05, 4.69) is 0 Å². The maximum absolute atomic E-state index is 12.3. The Labute approximate surface area is 175 Å². The van der Waals surface area contributed by atoms with Gasteiger partial charge in [-0.2, -0.15) is 0 Å². The minimum atomic E-state index is -1.55. The zero-order chi connectivity index (χ0) is 17.9. The van der Waals surface area contributed by atoms with Crippen molar-refractivity contribution in [3.05, 3.63) is 63.0 Å². The normalized spacial score (nSPS) is 14.0. The Morgan fingerprint density at radius 2 is 1.85 bits per heavy atom. The van der Waals surface area contributed by atoms with Crippen LogP contribution in [0.1, 0.15) is 30.0 Å². The molecule has 3 aromatic rings. The summed E-state index contributed by atoms with van der Waals surface area (Å²) in [4.78, 5) is 23.3. The number of hydrogen-bond donors (Lipinski definition) is 0. The predicted molar refractivity (Wildman–Crippen MR) is 90.9 cm³/mol. The molecule has 0 radical (unpaired) electrons. The first-order valence-corrected chi connectivity index (χ1v) is 7.97. The number of rotatable bonds is 1. The molecule has 26 heavy (non-hydrogen) atoms. The number of carboxylic acid groups (broad SMARTS) is 1. The largest absolute Gasteiger partial charge is 1.00 e. The molecule has 4 rings (SSSR count). The van der Waals surface area contributed by atoms with Gasteiger partial charge in [0.05, 0.1) is 5.39 Å². The van der Waals surface area contributed by atoms with Crippen LogP contribution in [-0.4, -0.2) is 5.97 Å². The van der Waals surface area contributed by atoms with Gasteiger partial charge in [0.2, 0.25) is 0 Å². The van der Waals surface area contributed by atoms with E-state index in [1.165, 1.54) is 6.07 Å². The maximum atomic E-state index is 12.3. The first-order chi connectivity index (χ1) is 11.8. The number of carbonyl (C=O) groups excluding carboxylic acids is 1. The van der Waals surface area contributed by atoms with Crippen molar-refractivity contribution in [3.8, 4) is 16.9 Å². The zero-order valence-electron chi connectivity index (χ0n) is 14.4. The van der Waals surface area contributed by atoms with E-state index in [1.807, 2.05) is 26.0 Å². The Morgan fingerprint density at radius 1 is 1.12 bits per heavy atom. The number of carbonyl (C=O) groups is 1. The SMILES string of the molecule is CC1(C)Oc2cc3oc(C(=O)[O-])cc(=O)c3cc2-c2cc(Cl)ccc21.[Na+]. The average molecular weight is 379 g/mol. The molecule has 0 bridgehead atoms. The second-order valence-corrected chi connectivity index (χ2v) is 6.85. The standard InChI is InChI=1S/C19H13ClO5.Na/c1-19(2)13-4-3-9(20)5-10(13)11-6-12-14(21)7-17(18(22)23)24-15(12)8-16(11)25-19;/h3-8H,1-2H3,(H,22,23);/q;+1/p-1. The summed E-state index contributed by atoms with van der Waals surface area (Å²) in [6.07, 6.45) is 0. The quantitative estimate of drug-likeness (QED) is 0.561. The van der Waals surface area contributed by atoms with Gasteiger partial charge < -0.3 is 19.1 Å². The van der Waals surface area contributed by atoms with Crippen molar-refractivity contribution in [1.29, 1.82) is 0 Å². The summed E-state index contributed by atoms with van der Waals surface area (Å²) in [5, 5.41) is 11.8. The Kier molecular flexibility index (Phi) is 4.69. The summed E-state index contributed by atoms with van der Waals surface area (Å²) in [5.41, 5.74) is 1.57. The maximum Gasteiger partial charge on any atom is 1.00 e. The monoisotopic (exact) mass is 378 g/mol. The van der Waals surface area contributed by atoms with E-state index in [-0.39, 0.29) is 40.5 Å². The van der Waals surface area contributed by atoms with Crippen LogP contribution in [0.25, 0.3) is 22.1 Å². The van der Waals surface area contributed by atoms with E-state index < -0.39 is 22.8 Å². The fraction of sp³-hybridized carbons (Fsp3) is 0.158. The number of hydrogen-bond acceptors (Lipinski definition) is 5. The van der Waals surface area contributed by atoms with Gasteiger partial charge in [-0.25, -0.2) is 0 Å². The van der Waals surface area contributed by atoms with E-state index in [0.717, 1.165) is 17.2 Å². The smallest absolute Gasteiger partial charge is 0.542 e. The number of fused-ring (bicyclic) bond motifs is 4. The van der Waals surface area contributed by atoms with E-state index >= 15 is 0 Å². The molecule has 0 atom stereocenters. The van der Waals surface area contributed by atoms with Crippen LogP contribution in [0.3, 0.4) is 0 Å². The van der Waals surface area contributed by atoms with Crippen molar-refractivity contribution in [2.75, 3.05) is 0 Å². The second-order valence-electron chi connectivity index (χ2n) is 6.41. The van der Waals surface area contributed by atoms with Crippen LogP contribution in [0, 0.1) is 0 Å². The Hall–Kier alpha value is -1.79. The number of aromatic carboxylic acids is 1. The molecule has 0 N–H and O–H groups in total. The van der Waals surface area contributed by atoms with Gasteiger partial charge in [-0.15, -0.1) is 0 Å². The first kappa shape index (κ1) is 19.0. The van der Waals surface area contributed by atoms with Gasteiger partial charge >= 0.3 is 29.6 Å². The summed E-state index contributed by atoms with van der Waals surface area (Å²) in [6, 6.07) is 9.59. The fourth-order valence-corrected chi connectivity index (χ4v) is 3.34. The third-order valence-corrected chi connectivity index (χ3v) is 4.55. The van der Waals surface area contributed by atoms with Gasteiger partial charge in [-0.1, -0.05) is 17.7 Å². The number of halogens is 1. The van der Waals surface area contributed by atoms with Gasteiger partial charge in [0.25, 0.3) is 0 Å². The van der Waals surface area contributed by atoms with Crippen LogP contribution in [-0.2, 0) is 5.60 Å². The molecule has 0 fully saturated rings. The molecule has 0 unspecified atom stereocenters. The minimum absolute atomic E-state index is 0. The molecule has 2 aromatic carbocycles. The van der Waals surface area contributed by atoms with Crippen LogP contribution in [0.4, 0.5) is 0 Å². The van der Waals surface area contributed by atoms with Crippen molar-refractivity contribution >= 4 is 28.5 Å². The molecule has 0 amide bonds. The van der Waals surface area contributed by atoms with E-state index in [1.54, 1.807) is 12.1 Å². The molecule has 1 aliphatic heterocycles. The molecule has 5 nitrogen and oxygen atoms in total. The summed E-state index contributed by atoms with van der Waals surface area (Å²) in [6.45, 7) is 3.83. The van der Waals surface area contributed by atoms with Crippen LogP contribution in [0.15, 0.2) is 45.6 Å². The molecule has 0 saturated heterocycles. The third kappa shape index (κ3) is 2.95. The summed E-state index contributed by atoms with van der Waals surface area (Å²) < 4.78 is 11.3. The number of benzene rings is 2. The molecule has 2 heterocycles. The molecular weight excluding hydrogens is 367 g/mol. The molecule has 0 spiro atoms. The van der Waals surface area contributed by atoms with Crippen LogP contribution < -0.4 is 44.8 Å². The molecule has 0 aliphatic carbocycles. The number of ether oxygens (including phenoxy) is 1. The topological polar surface area (TPSA) is 79.6 Å². The van der Waals surface area contributed by atoms with Gasteiger partial charge in [0.1, 0.15) is 22.9 Å². The molecule has 1 aromatic heterocycles. The number of carboxylic acids is 1. The predicted octanol–water partition coefficient (Wildman–Crippen LogP) is 0.108. The fourth-order valence-electron chi connectivity index (χ4n) is 3.17. The van der Waals surface area contributed by atoms with E-state index in [4.69, 9.17) is 20.8 Å². The van der Waals surface area contributed by atoms with Crippen molar-refractivity contribution < 1.29 is 48.6 Å². The Morgan fingerprint density at radius 3 is 2.54 bits per heavy atom. The molecule has 126 valence electrons. The minimum Gasteiger partial charge on any atom is -0.542 e. The van der Waals surface area contributed by atoms with Crippen molar-refractivity contribution in [3.63, 3.8) is 0 Å². The van der Waals surface area contributed by atoms with Gasteiger partial charge in [-0.3, -0.25) is 4.79 Å². The summed E-state index contributed by atoms with van der Waals surface area (Å²) in [5.74, 6) is -1.57. The Bertz CT molecular complexity index is 1120. The van der Waals surface area contributed by atoms with Crippen molar-refractivity contribution in [2.45, 2.75) is 19.4 Å². The summed E-state index contributed by atoms with van der Waals surface area (Å²) >= 11 is 6.15. The van der Waals surface area contributed by atoms with Crippen LogP contribution in [0.5, 0.6) is 5.75 Å². The van der Waals surface area contributed by atoms with Gasteiger partial charge in [0, 0.05) is 28.3 Å². The molecular formula is C19H12ClNaO5. The van der Waals surface area contributed by atoms with Crippen LogP contribution in [0.2, 0.25) is 5.02 Å². The molecule has 7 heteroatoms. The Balaban J connectivity index is 0.00000196. The summed E-state index contributed by atoms with van der Waals surface area (Å²) in [7, 11) is 0. The van der Waals surface area contributed by atoms with Crippen molar-refractivity contribution in [2.24, 2.45) is 0 Å². The van der Waals surface area contributed by atoms with Gasteiger partial charge in [0.15, 0.2) is 11.2 Å². The van der Waals surface area contributed by atoms with E-state index in [9.17, 15) is 14.7 Å². The van der Waals surface area contributed by atoms with Crippen molar-refractivity contribution in [1.82, 2.24) is 0 Å².